The number of rotatable bonds is 2. The van der Waals surface area contributed by atoms with Gasteiger partial charge in [-0.05, 0) is 45.1 Å². The van der Waals surface area contributed by atoms with Crippen LogP contribution in [0.4, 0.5) is 0 Å². The van der Waals surface area contributed by atoms with Gasteiger partial charge < -0.3 is 10.1 Å². The van der Waals surface area contributed by atoms with E-state index in [1.807, 2.05) is 0 Å². The van der Waals surface area contributed by atoms with Gasteiger partial charge >= 0.3 is 0 Å². The Hall–Kier alpha value is -1.02. The molecule has 1 aliphatic carbocycles. The zero-order chi connectivity index (χ0) is 13.5. The fourth-order valence-corrected chi connectivity index (χ4v) is 3.59. The number of benzene rings is 1. The Balaban J connectivity index is 1.80. The molecule has 1 aliphatic heterocycles. The summed E-state index contributed by atoms with van der Waals surface area (Å²) >= 11 is 0. The summed E-state index contributed by atoms with van der Waals surface area (Å²) in [6.07, 6.45) is 5.06. The maximum absolute atomic E-state index is 6.10. The lowest BCUT2D eigenvalue weighted by molar-refractivity contribution is 0.0637. The molecule has 3 unspecified atom stereocenters. The van der Waals surface area contributed by atoms with Crippen molar-refractivity contribution in [3.8, 4) is 5.75 Å². The molecule has 3 atom stereocenters. The molecular weight excluding hydrogens is 234 g/mol. The molecule has 0 radical (unpaired) electrons. The number of ether oxygens (including phenoxy) is 1. The van der Waals surface area contributed by atoms with Crippen molar-refractivity contribution in [3.05, 3.63) is 29.8 Å². The molecule has 0 amide bonds. The van der Waals surface area contributed by atoms with Crippen LogP contribution in [-0.2, 0) is 0 Å². The Kier molecular flexibility index (Phi) is 3.30. The van der Waals surface area contributed by atoms with E-state index < -0.39 is 0 Å². The van der Waals surface area contributed by atoms with Gasteiger partial charge in [0.05, 0.1) is 0 Å². The van der Waals surface area contributed by atoms with Crippen molar-refractivity contribution in [3.63, 3.8) is 0 Å². The van der Waals surface area contributed by atoms with Crippen LogP contribution in [0.25, 0.3) is 0 Å². The summed E-state index contributed by atoms with van der Waals surface area (Å²) in [6, 6.07) is 9.61. The molecule has 1 heterocycles. The second-order valence-electron chi connectivity index (χ2n) is 6.94. The van der Waals surface area contributed by atoms with Gasteiger partial charge in [-0.3, -0.25) is 0 Å². The van der Waals surface area contributed by atoms with Gasteiger partial charge in [0.25, 0.3) is 0 Å². The third kappa shape index (κ3) is 2.79. The standard InChI is InChI=1S/C17H25NO/c1-12-8-9-13(10-12)18-15-11-17(2,3)19-16-7-5-4-6-14(15)16/h4-7,12-13,15,18H,8-11H2,1-3H3. The quantitative estimate of drug-likeness (QED) is 0.864. The van der Waals surface area contributed by atoms with Crippen LogP contribution >= 0.6 is 0 Å². The van der Waals surface area contributed by atoms with Crippen LogP contribution in [0.3, 0.4) is 0 Å². The van der Waals surface area contributed by atoms with Crippen LogP contribution in [0.15, 0.2) is 24.3 Å². The molecule has 2 heteroatoms. The van der Waals surface area contributed by atoms with E-state index in [9.17, 15) is 0 Å². The van der Waals surface area contributed by atoms with Crippen molar-refractivity contribution < 1.29 is 4.74 Å². The van der Waals surface area contributed by atoms with E-state index in [0.717, 1.165) is 18.1 Å². The fourth-order valence-electron chi connectivity index (χ4n) is 3.59. The average Bonchev–Trinajstić information content (AvgIpc) is 2.73. The zero-order valence-corrected chi connectivity index (χ0v) is 12.3. The maximum atomic E-state index is 6.10. The number of fused-ring (bicyclic) bond motifs is 1. The van der Waals surface area contributed by atoms with Crippen molar-refractivity contribution in [1.29, 1.82) is 0 Å². The Morgan fingerprint density at radius 3 is 2.74 bits per heavy atom. The molecule has 2 nitrogen and oxygen atoms in total. The lowest BCUT2D eigenvalue weighted by Crippen LogP contribution is -2.42. The largest absolute Gasteiger partial charge is 0.487 e. The number of para-hydroxylation sites is 1. The summed E-state index contributed by atoms with van der Waals surface area (Å²) in [5.74, 6) is 1.93. The summed E-state index contributed by atoms with van der Waals surface area (Å²) in [6.45, 7) is 6.74. The van der Waals surface area contributed by atoms with Gasteiger partial charge in [-0.25, -0.2) is 0 Å². The summed E-state index contributed by atoms with van der Waals surface area (Å²) in [5, 5.41) is 3.88. The second kappa shape index (κ2) is 4.82. The minimum Gasteiger partial charge on any atom is -0.487 e. The van der Waals surface area contributed by atoms with E-state index in [0.29, 0.717) is 12.1 Å². The highest BCUT2D eigenvalue weighted by Gasteiger charge is 2.35. The smallest absolute Gasteiger partial charge is 0.124 e. The van der Waals surface area contributed by atoms with Crippen molar-refractivity contribution >= 4 is 0 Å². The summed E-state index contributed by atoms with van der Waals surface area (Å²) in [5.41, 5.74) is 1.26. The Labute approximate surface area is 116 Å². The van der Waals surface area contributed by atoms with E-state index in [1.165, 1.54) is 24.8 Å². The van der Waals surface area contributed by atoms with Crippen LogP contribution < -0.4 is 10.1 Å². The summed E-state index contributed by atoms with van der Waals surface area (Å²) < 4.78 is 6.10. The average molecular weight is 259 g/mol. The molecule has 0 spiro atoms. The molecule has 1 N–H and O–H groups in total. The third-order valence-corrected chi connectivity index (χ3v) is 4.51. The van der Waals surface area contributed by atoms with Gasteiger partial charge in [-0.15, -0.1) is 0 Å². The molecule has 0 saturated heterocycles. The number of hydrogen-bond acceptors (Lipinski definition) is 2. The first-order chi connectivity index (χ1) is 9.03. The highest BCUT2D eigenvalue weighted by molar-refractivity contribution is 5.38. The lowest BCUT2D eigenvalue weighted by atomic mass is 9.89. The molecule has 3 rings (SSSR count). The van der Waals surface area contributed by atoms with E-state index in [1.54, 1.807) is 0 Å². The van der Waals surface area contributed by atoms with E-state index in [2.05, 4.69) is 50.4 Å². The zero-order valence-electron chi connectivity index (χ0n) is 12.3. The molecule has 1 saturated carbocycles. The van der Waals surface area contributed by atoms with Crippen LogP contribution in [0.1, 0.15) is 58.1 Å². The molecule has 1 aromatic carbocycles. The van der Waals surface area contributed by atoms with Crippen LogP contribution in [0.5, 0.6) is 5.75 Å². The first-order valence-electron chi connectivity index (χ1n) is 7.57. The van der Waals surface area contributed by atoms with Crippen molar-refractivity contribution in [1.82, 2.24) is 5.32 Å². The van der Waals surface area contributed by atoms with E-state index in [-0.39, 0.29) is 5.60 Å². The van der Waals surface area contributed by atoms with Crippen molar-refractivity contribution in [2.24, 2.45) is 5.92 Å². The molecule has 0 aromatic heterocycles. The van der Waals surface area contributed by atoms with E-state index in [4.69, 9.17) is 4.74 Å². The monoisotopic (exact) mass is 259 g/mol. The molecular formula is C17H25NO. The van der Waals surface area contributed by atoms with Gasteiger partial charge in [0, 0.05) is 24.1 Å². The van der Waals surface area contributed by atoms with Gasteiger partial charge in [-0.2, -0.15) is 0 Å². The predicted molar refractivity (Wildman–Crippen MR) is 78.4 cm³/mol. The SMILES string of the molecule is CC1CCC(NC2CC(C)(C)Oc3ccccc32)C1. The van der Waals surface area contributed by atoms with Crippen molar-refractivity contribution in [2.75, 3.05) is 0 Å². The minimum atomic E-state index is -0.0732. The van der Waals surface area contributed by atoms with Gasteiger partial charge in [0.15, 0.2) is 0 Å². The maximum Gasteiger partial charge on any atom is 0.124 e. The normalized spacial score (nSPS) is 32.7. The summed E-state index contributed by atoms with van der Waals surface area (Å²) in [7, 11) is 0. The third-order valence-electron chi connectivity index (χ3n) is 4.51. The molecule has 1 fully saturated rings. The Morgan fingerprint density at radius 1 is 1.21 bits per heavy atom. The first kappa shape index (κ1) is 13.0. The first-order valence-corrected chi connectivity index (χ1v) is 7.57. The number of nitrogens with one attached hydrogen (secondary N) is 1. The van der Waals surface area contributed by atoms with Crippen LogP contribution in [0.2, 0.25) is 0 Å². The van der Waals surface area contributed by atoms with Gasteiger partial charge in [0.2, 0.25) is 0 Å². The Morgan fingerprint density at radius 2 is 2.00 bits per heavy atom. The molecule has 1 aromatic rings. The number of hydrogen-bond donors (Lipinski definition) is 1. The van der Waals surface area contributed by atoms with Crippen LogP contribution in [0, 0.1) is 5.92 Å². The molecule has 104 valence electrons. The van der Waals surface area contributed by atoms with E-state index >= 15 is 0 Å². The topological polar surface area (TPSA) is 21.3 Å². The lowest BCUT2D eigenvalue weighted by Gasteiger charge is -2.39. The molecule has 2 aliphatic rings. The molecule has 19 heavy (non-hydrogen) atoms. The summed E-state index contributed by atoms with van der Waals surface area (Å²) in [4.78, 5) is 0. The minimum absolute atomic E-state index is 0.0732. The fraction of sp³-hybridized carbons (Fsp3) is 0.647. The van der Waals surface area contributed by atoms with Crippen LogP contribution in [-0.4, -0.2) is 11.6 Å². The van der Waals surface area contributed by atoms with Crippen molar-refractivity contribution in [2.45, 2.75) is 64.1 Å². The predicted octanol–water partition coefficient (Wildman–Crippen LogP) is 4.07. The van der Waals surface area contributed by atoms with Gasteiger partial charge in [0.1, 0.15) is 11.4 Å². The van der Waals surface area contributed by atoms with Gasteiger partial charge in [-0.1, -0.05) is 25.1 Å². The highest BCUT2D eigenvalue weighted by Crippen LogP contribution is 2.40. The highest BCUT2D eigenvalue weighted by atomic mass is 16.5. The molecule has 0 bridgehead atoms. The second-order valence-corrected chi connectivity index (χ2v) is 6.94. The Bertz CT molecular complexity index is 454.